The second-order valence-electron chi connectivity index (χ2n) is 5.27. The molecule has 134 valence electrons. The highest BCUT2D eigenvalue weighted by Gasteiger charge is 2.20. The lowest BCUT2D eigenvalue weighted by molar-refractivity contribution is -0.141. The largest absolute Gasteiger partial charge is 0.497 e. The molecule has 2 aromatic rings. The Labute approximate surface area is 150 Å². The topological polar surface area (TPSA) is 73.9 Å². The maximum Gasteiger partial charge on any atom is 0.307 e. The zero-order chi connectivity index (χ0) is 18.2. The van der Waals surface area contributed by atoms with Gasteiger partial charge in [-0.3, -0.25) is 9.59 Å². The van der Waals surface area contributed by atoms with E-state index in [0.717, 1.165) is 10.4 Å². The van der Waals surface area contributed by atoms with Gasteiger partial charge in [-0.1, -0.05) is 12.1 Å². The van der Waals surface area contributed by atoms with Gasteiger partial charge in [0.25, 0.3) is 0 Å². The third-order valence-electron chi connectivity index (χ3n) is 3.67. The van der Waals surface area contributed by atoms with E-state index in [2.05, 4.69) is 5.32 Å². The van der Waals surface area contributed by atoms with Gasteiger partial charge in [-0.2, -0.15) is 0 Å². The van der Waals surface area contributed by atoms with Crippen LogP contribution in [0.15, 0.2) is 35.7 Å². The normalized spacial score (nSPS) is 11.5. The Morgan fingerprint density at radius 2 is 1.96 bits per heavy atom. The first kappa shape index (κ1) is 18.8. The molecule has 0 saturated heterocycles. The molecule has 25 heavy (non-hydrogen) atoms. The minimum absolute atomic E-state index is 0.0858. The summed E-state index contributed by atoms with van der Waals surface area (Å²) in [5, 5.41) is 4.80. The highest BCUT2D eigenvalue weighted by Crippen LogP contribution is 2.26. The molecule has 0 aliphatic rings. The van der Waals surface area contributed by atoms with E-state index in [9.17, 15) is 9.59 Å². The van der Waals surface area contributed by atoms with Crippen LogP contribution in [0.2, 0.25) is 0 Å². The van der Waals surface area contributed by atoms with Crippen LogP contribution in [0.25, 0.3) is 0 Å². The molecule has 0 aliphatic heterocycles. The van der Waals surface area contributed by atoms with Crippen LogP contribution in [0.1, 0.15) is 22.9 Å². The predicted molar refractivity (Wildman–Crippen MR) is 95.1 cm³/mol. The summed E-state index contributed by atoms with van der Waals surface area (Å²) in [4.78, 5) is 25.0. The van der Waals surface area contributed by atoms with E-state index in [1.54, 1.807) is 32.4 Å². The number of esters is 1. The van der Waals surface area contributed by atoms with Crippen molar-refractivity contribution >= 4 is 23.2 Å². The predicted octanol–water partition coefficient (Wildman–Crippen LogP) is 2.73. The monoisotopic (exact) mass is 363 g/mol. The van der Waals surface area contributed by atoms with E-state index in [-0.39, 0.29) is 24.7 Å². The SMILES string of the molecule is COC(=O)C[C@@H](NC(=O)Cc1ccc(OC)cc1OC)c1cccs1. The molecule has 0 spiro atoms. The molecule has 0 fully saturated rings. The first-order chi connectivity index (χ1) is 12.1. The zero-order valence-electron chi connectivity index (χ0n) is 14.4. The van der Waals surface area contributed by atoms with Crippen LogP contribution in [0.3, 0.4) is 0 Å². The van der Waals surface area contributed by atoms with Gasteiger partial charge in [-0.05, 0) is 17.5 Å². The number of carbonyl (C=O) groups is 2. The van der Waals surface area contributed by atoms with Gasteiger partial charge in [0, 0.05) is 16.5 Å². The molecule has 0 radical (unpaired) electrons. The average molecular weight is 363 g/mol. The fraction of sp³-hybridized carbons (Fsp3) is 0.333. The van der Waals surface area contributed by atoms with Crippen molar-refractivity contribution in [3.05, 3.63) is 46.2 Å². The van der Waals surface area contributed by atoms with Gasteiger partial charge in [0.15, 0.2) is 0 Å². The van der Waals surface area contributed by atoms with Gasteiger partial charge in [0.05, 0.1) is 40.2 Å². The molecular formula is C18H21NO5S. The zero-order valence-corrected chi connectivity index (χ0v) is 15.2. The standard InChI is InChI=1S/C18H21NO5S/c1-22-13-7-6-12(15(10-13)23-2)9-17(20)19-14(11-18(21)24-3)16-5-4-8-25-16/h4-8,10,14H,9,11H2,1-3H3,(H,19,20)/t14-/m1/s1. The summed E-state index contributed by atoms with van der Waals surface area (Å²) in [7, 11) is 4.44. The number of amides is 1. The van der Waals surface area contributed by atoms with Crippen LogP contribution < -0.4 is 14.8 Å². The molecule has 1 N–H and O–H groups in total. The smallest absolute Gasteiger partial charge is 0.307 e. The Hall–Kier alpha value is -2.54. The fourth-order valence-corrected chi connectivity index (χ4v) is 3.16. The summed E-state index contributed by atoms with van der Waals surface area (Å²) < 4.78 is 15.2. The first-order valence-electron chi connectivity index (χ1n) is 7.67. The molecule has 0 aliphatic carbocycles. The molecule has 1 aromatic carbocycles. The minimum atomic E-state index is -0.413. The highest BCUT2D eigenvalue weighted by molar-refractivity contribution is 7.10. The second-order valence-corrected chi connectivity index (χ2v) is 6.25. The van der Waals surface area contributed by atoms with Gasteiger partial charge in [0.2, 0.25) is 5.91 Å². The van der Waals surface area contributed by atoms with E-state index < -0.39 is 6.04 Å². The molecule has 1 atom stereocenters. The Morgan fingerprint density at radius 3 is 2.56 bits per heavy atom. The number of nitrogens with one attached hydrogen (secondary N) is 1. The summed E-state index contributed by atoms with van der Waals surface area (Å²) >= 11 is 1.48. The molecular weight excluding hydrogens is 342 g/mol. The maximum absolute atomic E-state index is 12.5. The van der Waals surface area contributed by atoms with Crippen LogP contribution in [0, 0.1) is 0 Å². The van der Waals surface area contributed by atoms with Gasteiger partial charge in [0.1, 0.15) is 11.5 Å². The van der Waals surface area contributed by atoms with Gasteiger partial charge < -0.3 is 19.5 Å². The molecule has 0 bridgehead atoms. The minimum Gasteiger partial charge on any atom is -0.497 e. The van der Waals surface area contributed by atoms with Crippen LogP contribution in [0.4, 0.5) is 0 Å². The summed E-state index contributed by atoms with van der Waals surface area (Å²) in [6, 6.07) is 8.64. The third-order valence-corrected chi connectivity index (χ3v) is 4.65. The highest BCUT2D eigenvalue weighted by atomic mass is 32.1. The number of methoxy groups -OCH3 is 3. The van der Waals surface area contributed by atoms with Gasteiger partial charge >= 0.3 is 5.97 Å². The van der Waals surface area contributed by atoms with Crippen molar-refractivity contribution in [2.24, 2.45) is 0 Å². The number of ether oxygens (including phenoxy) is 3. The number of thiophene rings is 1. The number of hydrogen-bond acceptors (Lipinski definition) is 6. The van der Waals surface area contributed by atoms with E-state index >= 15 is 0 Å². The van der Waals surface area contributed by atoms with Gasteiger partial charge in [-0.15, -0.1) is 11.3 Å². The van der Waals surface area contributed by atoms with Crippen LogP contribution in [0.5, 0.6) is 11.5 Å². The Morgan fingerprint density at radius 1 is 1.16 bits per heavy atom. The van der Waals surface area contributed by atoms with Crippen molar-refractivity contribution in [1.82, 2.24) is 5.32 Å². The van der Waals surface area contributed by atoms with Crippen molar-refractivity contribution < 1.29 is 23.8 Å². The van der Waals surface area contributed by atoms with Crippen molar-refractivity contribution in [2.45, 2.75) is 18.9 Å². The quantitative estimate of drug-likeness (QED) is 0.730. The van der Waals surface area contributed by atoms with Crippen molar-refractivity contribution in [3.8, 4) is 11.5 Å². The second kappa shape index (κ2) is 9.08. The molecule has 0 unspecified atom stereocenters. The molecule has 0 saturated carbocycles. The van der Waals surface area contributed by atoms with E-state index in [4.69, 9.17) is 14.2 Å². The lowest BCUT2D eigenvalue weighted by Crippen LogP contribution is -2.31. The lowest BCUT2D eigenvalue weighted by Gasteiger charge is -2.17. The molecule has 2 rings (SSSR count). The summed E-state index contributed by atoms with van der Waals surface area (Å²) in [6.07, 6.45) is 0.221. The molecule has 7 heteroatoms. The van der Waals surface area contributed by atoms with Crippen molar-refractivity contribution in [3.63, 3.8) is 0 Å². The maximum atomic E-state index is 12.5. The number of benzene rings is 1. The van der Waals surface area contributed by atoms with Gasteiger partial charge in [-0.25, -0.2) is 0 Å². The molecule has 1 amide bonds. The van der Waals surface area contributed by atoms with Crippen LogP contribution in [-0.2, 0) is 20.7 Å². The summed E-state index contributed by atoms with van der Waals surface area (Å²) in [6.45, 7) is 0. The first-order valence-corrected chi connectivity index (χ1v) is 8.55. The lowest BCUT2D eigenvalue weighted by atomic mass is 10.1. The van der Waals surface area contributed by atoms with Crippen LogP contribution in [-0.4, -0.2) is 33.2 Å². The Balaban J connectivity index is 2.09. The average Bonchev–Trinajstić information content (AvgIpc) is 3.15. The number of carbonyl (C=O) groups excluding carboxylic acids is 2. The number of rotatable bonds is 8. The summed E-state index contributed by atoms with van der Waals surface area (Å²) in [5.41, 5.74) is 0.740. The Bertz CT molecular complexity index is 714. The summed E-state index contributed by atoms with van der Waals surface area (Å²) in [5.74, 6) is 0.657. The third kappa shape index (κ3) is 5.22. The van der Waals surface area contributed by atoms with E-state index in [0.29, 0.717) is 11.5 Å². The Kier molecular flexibility index (Phi) is 6.82. The van der Waals surface area contributed by atoms with E-state index in [1.807, 2.05) is 17.5 Å². The fourth-order valence-electron chi connectivity index (χ4n) is 2.38. The molecule has 6 nitrogen and oxygen atoms in total. The van der Waals surface area contributed by atoms with Crippen molar-refractivity contribution in [1.29, 1.82) is 0 Å². The van der Waals surface area contributed by atoms with E-state index in [1.165, 1.54) is 18.4 Å². The van der Waals surface area contributed by atoms with Crippen molar-refractivity contribution in [2.75, 3.05) is 21.3 Å². The van der Waals surface area contributed by atoms with Crippen LogP contribution >= 0.6 is 11.3 Å². The number of hydrogen-bond donors (Lipinski definition) is 1. The molecule has 1 heterocycles. The molecule has 1 aromatic heterocycles.